The van der Waals surface area contributed by atoms with Crippen LogP contribution in [-0.2, 0) is 0 Å². The normalized spacial score (nSPS) is 12.9. The Morgan fingerprint density at radius 2 is 2.00 bits per heavy atom. The minimum atomic E-state index is -0.197. The second-order valence-electron chi connectivity index (χ2n) is 4.31. The summed E-state index contributed by atoms with van der Waals surface area (Å²) in [7, 11) is 0. The topological polar surface area (TPSA) is 35.1 Å². The number of hydrogen-bond donors (Lipinski definition) is 1. The Balaban J connectivity index is 2.86. The summed E-state index contributed by atoms with van der Waals surface area (Å²) in [6, 6.07) is 1.63. The Labute approximate surface area is 120 Å². The van der Waals surface area contributed by atoms with E-state index in [9.17, 15) is 5.11 Å². The zero-order valence-corrected chi connectivity index (χ0v) is 13.1. The van der Waals surface area contributed by atoms with Crippen LogP contribution in [0.1, 0.15) is 19.4 Å². The van der Waals surface area contributed by atoms with Crippen LogP contribution < -0.4 is 10.4 Å². The lowest BCUT2D eigenvalue weighted by Gasteiger charge is -2.22. The highest BCUT2D eigenvalue weighted by atomic mass is 79.9. The molecule has 0 fully saturated rings. The molecular weight excluding hydrogens is 325 g/mol. The molecule has 1 aromatic carbocycles. The molecule has 0 bridgehead atoms. The van der Waals surface area contributed by atoms with Gasteiger partial charge in [0.1, 0.15) is 0 Å². The van der Waals surface area contributed by atoms with Gasteiger partial charge < -0.3 is 10.4 Å². The molecule has 0 aliphatic rings. The Morgan fingerprint density at radius 3 is 2.53 bits per heavy atom. The molecular formula is C12H15BrCl2NO-. The second kappa shape index (κ2) is 6.17. The molecule has 0 aliphatic carbocycles. The van der Waals surface area contributed by atoms with E-state index in [1.165, 1.54) is 0 Å². The molecule has 1 aromatic rings. The average molecular weight is 340 g/mol. The number of halogens is 3. The number of rotatable bonds is 4. The van der Waals surface area contributed by atoms with Crippen molar-refractivity contribution in [3.05, 3.63) is 21.7 Å². The number of alkyl halides is 1. The van der Waals surface area contributed by atoms with E-state index in [1.807, 2.05) is 0 Å². The molecule has 0 radical (unpaired) electrons. The maximum absolute atomic E-state index is 11.9. The van der Waals surface area contributed by atoms with E-state index >= 15 is 0 Å². The number of anilines is 1. The van der Waals surface area contributed by atoms with Crippen molar-refractivity contribution in [2.24, 2.45) is 5.92 Å². The monoisotopic (exact) mass is 338 g/mol. The van der Waals surface area contributed by atoms with Crippen molar-refractivity contribution < 1.29 is 5.11 Å². The van der Waals surface area contributed by atoms with Crippen molar-refractivity contribution in [1.29, 1.82) is 0 Å². The van der Waals surface area contributed by atoms with E-state index < -0.39 is 0 Å². The van der Waals surface area contributed by atoms with Crippen LogP contribution >= 0.6 is 39.1 Å². The minimum Gasteiger partial charge on any atom is -0.870 e. The zero-order chi connectivity index (χ0) is 13.2. The molecule has 0 aliphatic heterocycles. The Bertz CT molecular complexity index is 410. The maximum Gasteiger partial charge on any atom is 0.0470 e. The summed E-state index contributed by atoms with van der Waals surface area (Å²) in [6.45, 7) is 6.60. The predicted molar refractivity (Wildman–Crippen MR) is 76.7 cm³/mol. The van der Waals surface area contributed by atoms with Crippen LogP contribution in [-0.4, -0.2) is 11.4 Å². The lowest BCUT2D eigenvalue weighted by Crippen LogP contribution is -2.19. The van der Waals surface area contributed by atoms with Gasteiger partial charge in [0.05, 0.1) is 0 Å². The molecule has 0 aromatic heterocycles. The summed E-state index contributed by atoms with van der Waals surface area (Å²) in [4.78, 5) is 0.292. The second-order valence-corrected chi connectivity index (χ2v) is 6.28. The molecule has 1 atom stereocenters. The Morgan fingerprint density at radius 1 is 1.41 bits per heavy atom. The molecule has 17 heavy (non-hydrogen) atoms. The predicted octanol–water partition coefficient (Wildman–Crippen LogP) is 4.21. The summed E-state index contributed by atoms with van der Waals surface area (Å²) in [5, 5.41) is 15.6. The van der Waals surface area contributed by atoms with Gasteiger partial charge in [-0.25, -0.2) is 0 Å². The highest BCUT2D eigenvalue weighted by Gasteiger charge is 2.11. The fourth-order valence-corrected chi connectivity index (χ4v) is 1.89. The van der Waals surface area contributed by atoms with E-state index in [0.717, 1.165) is 0 Å². The molecule has 2 nitrogen and oxygen atoms in total. The molecule has 0 heterocycles. The highest BCUT2D eigenvalue weighted by molar-refractivity contribution is 9.09. The van der Waals surface area contributed by atoms with Gasteiger partial charge in [-0.1, -0.05) is 58.7 Å². The van der Waals surface area contributed by atoms with Crippen LogP contribution in [0.25, 0.3) is 0 Å². The van der Waals surface area contributed by atoms with Crippen molar-refractivity contribution in [2.75, 3.05) is 11.9 Å². The standard InChI is InChI=1S/C12H16BrCl2NO/c1-6(2)8(13)5-16-10-4-9(14)7(3)11(15)12(10)17/h4,6,8,16-17H,5H2,1-3H3/p-1. The summed E-state index contributed by atoms with van der Waals surface area (Å²) >= 11 is 15.5. The van der Waals surface area contributed by atoms with Crippen molar-refractivity contribution in [3.8, 4) is 5.75 Å². The molecule has 96 valence electrons. The van der Waals surface area contributed by atoms with Gasteiger partial charge in [-0.3, -0.25) is 0 Å². The average Bonchev–Trinajstić information content (AvgIpc) is 2.28. The first-order valence-corrected chi connectivity index (χ1v) is 7.05. The summed E-state index contributed by atoms with van der Waals surface area (Å²) in [5.41, 5.74) is 1.08. The van der Waals surface area contributed by atoms with Gasteiger partial charge >= 0.3 is 0 Å². The van der Waals surface area contributed by atoms with E-state index in [0.29, 0.717) is 33.6 Å². The lowest BCUT2D eigenvalue weighted by atomic mass is 10.1. The third-order valence-corrected chi connectivity index (χ3v) is 4.84. The number of nitrogens with one attached hydrogen (secondary N) is 1. The van der Waals surface area contributed by atoms with E-state index in [1.54, 1.807) is 13.0 Å². The Kier molecular flexibility index (Phi) is 5.42. The van der Waals surface area contributed by atoms with Gasteiger partial charge in [-0.15, -0.1) is 0 Å². The SMILES string of the molecule is Cc1c(Cl)cc(NCC(Br)C(C)C)c([O-])c1Cl. The summed E-state index contributed by atoms with van der Waals surface area (Å²) < 4.78 is 0. The van der Waals surface area contributed by atoms with Gasteiger partial charge in [0.2, 0.25) is 0 Å². The van der Waals surface area contributed by atoms with Crippen molar-refractivity contribution in [3.63, 3.8) is 0 Å². The van der Waals surface area contributed by atoms with Crippen LogP contribution in [0.3, 0.4) is 0 Å². The molecule has 1 unspecified atom stereocenters. The van der Waals surface area contributed by atoms with E-state index in [2.05, 4.69) is 35.1 Å². The summed E-state index contributed by atoms with van der Waals surface area (Å²) in [6.07, 6.45) is 0. The van der Waals surface area contributed by atoms with Crippen LogP contribution in [0.15, 0.2) is 6.07 Å². The largest absolute Gasteiger partial charge is 0.870 e. The first kappa shape index (κ1) is 14.9. The van der Waals surface area contributed by atoms with Crippen LogP contribution in [0, 0.1) is 12.8 Å². The van der Waals surface area contributed by atoms with Gasteiger partial charge in [0, 0.05) is 27.1 Å². The van der Waals surface area contributed by atoms with Crippen molar-refractivity contribution in [2.45, 2.75) is 25.6 Å². The van der Waals surface area contributed by atoms with Gasteiger partial charge in [0.25, 0.3) is 0 Å². The first-order chi connectivity index (χ1) is 7.84. The molecule has 1 rings (SSSR count). The Hall–Kier alpha value is -0.120. The third-order valence-electron chi connectivity index (χ3n) is 2.61. The molecule has 0 spiro atoms. The molecule has 0 saturated heterocycles. The fraction of sp³-hybridized carbons (Fsp3) is 0.500. The van der Waals surface area contributed by atoms with Gasteiger partial charge in [-0.05, 0) is 24.5 Å². The van der Waals surface area contributed by atoms with Gasteiger partial charge in [0.15, 0.2) is 0 Å². The first-order valence-electron chi connectivity index (χ1n) is 5.38. The molecule has 1 N–H and O–H groups in total. The van der Waals surface area contributed by atoms with E-state index in [-0.39, 0.29) is 10.8 Å². The van der Waals surface area contributed by atoms with Crippen LogP contribution in [0.5, 0.6) is 5.75 Å². The summed E-state index contributed by atoms with van der Waals surface area (Å²) in [5.74, 6) is 0.283. The lowest BCUT2D eigenvalue weighted by molar-refractivity contribution is -0.266. The minimum absolute atomic E-state index is 0.190. The molecule has 0 saturated carbocycles. The van der Waals surface area contributed by atoms with E-state index in [4.69, 9.17) is 23.2 Å². The molecule has 0 amide bonds. The van der Waals surface area contributed by atoms with Crippen LogP contribution in [0.2, 0.25) is 10.0 Å². The zero-order valence-electron chi connectivity index (χ0n) is 9.98. The molecule has 5 heteroatoms. The van der Waals surface area contributed by atoms with Crippen molar-refractivity contribution >= 4 is 44.8 Å². The van der Waals surface area contributed by atoms with Crippen molar-refractivity contribution in [1.82, 2.24) is 0 Å². The highest BCUT2D eigenvalue weighted by Crippen LogP contribution is 2.37. The number of benzene rings is 1. The van der Waals surface area contributed by atoms with Gasteiger partial charge in [-0.2, -0.15) is 0 Å². The van der Waals surface area contributed by atoms with Crippen LogP contribution in [0.4, 0.5) is 5.69 Å². The fourth-order valence-electron chi connectivity index (χ4n) is 1.27. The third kappa shape index (κ3) is 3.67. The maximum atomic E-state index is 11.9. The smallest absolute Gasteiger partial charge is 0.0470 e. The quantitative estimate of drug-likeness (QED) is 0.834. The number of hydrogen-bond acceptors (Lipinski definition) is 2.